The minimum absolute atomic E-state index is 0.160. The largest absolute Gasteiger partial charge is 0.416 e. The minimum atomic E-state index is -4.43. The van der Waals surface area contributed by atoms with E-state index in [1.165, 1.54) is 17.0 Å². The fraction of sp³-hybridized carbons (Fsp3) is 0.450. The molecule has 0 aliphatic heterocycles. The molecule has 1 amide bonds. The van der Waals surface area contributed by atoms with Crippen LogP contribution in [0.1, 0.15) is 53.6 Å². The summed E-state index contributed by atoms with van der Waals surface area (Å²) < 4.78 is 38.5. The molecule has 140 valence electrons. The number of carbonyl (C=O) groups is 1. The smallest absolute Gasteiger partial charge is 0.322 e. The number of thiophene rings is 1. The predicted molar refractivity (Wildman–Crippen MR) is 98.7 cm³/mol. The monoisotopic (exact) mass is 381 g/mol. The fourth-order valence-electron chi connectivity index (χ4n) is 3.41. The Morgan fingerprint density at radius 1 is 1.23 bits per heavy atom. The number of halogens is 3. The first-order chi connectivity index (χ1) is 12.1. The van der Waals surface area contributed by atoms with Gasteiger partial charge in [-0.3, -0.25) is 4.79 Å². The number of fused-ring (bicyclic) bond motifs is 1. The van der Waals surface area contributed by atoms with Gasteiger partial charge in [0, 0.05) is 15.9 Å². The number of nitrogens with one attached hydrogen (secondary N) is 1. The van der Waals surface area contributed by atoms with Crippen molar-refractivity contribution < 1.29 is 18.0 Å². The Morgan fingerprint density at radius 3 is 2.62 bits per heavy atom. The molecule has 1 aromatic heterocycles. The summed E-state index contributed by atoms with van der Waals surface area (Å²) in [6.07, 6.45) is -1.60. The number of alkyl halides is 3. The molecule has 1 aliphatic rings. The van der Waals surface area contributed by atoms with Gasteiger partial charge in [0.05, 0.1) is 11.1 Å². The second-order valence-electron chi connectivity index (χ2n) is 7.89. The van der Waals surface area contributed by atoms with Crippen molar-refractivity contribution in [1.82, 2.24) is 0 Å². The third kappa shape index (κ3) is 3.95. The molecular weight excluding hydrogens is 359 g/mol. The molecule has 0 saturated carbocycles. The first kappa shape index (κ1) is 19.0. The van der Waals surface area contributed by atoms with Gasteiger partial charge < -0.3 is 5.32 Å². The van der Waals surface area contributed by atoms with E-state index in [9.17, 15) is 18.0 Å². The molecule has 0 saturated heterocycles. The average molecular weight is 381 g/mol. The van der Waals surface area contributed by atoms with Gasteiger partial charge in [-0.1, -0.05) is 26.8 Å². The first-order valence-corrected chi connectivity index (χ1v) is 9.51. The molecule has 3 rings (SSSR count). The molecule has 1 N–H and O–H groups in total. The van der Waals surface area contributed by atoms with Crippen LogP contribution >= 0.6 is 11.3 Å². The lowest BCUT2D eigenvalue weighted by atomic mass is 9.72. The van der Waals surface area contributed by atoms with Crippen LogP contribution < -0.4 is 5.32 Å². The predicted octanol–water partition coefficient (Wildman–Crippen LogP) is 6.17. The Kier molecular flexibility index (Phi) is 4.90. The van der Waals surface area contributed by atoms with Gasteiger partial charge in [-0.15, -0.1) is 11.3 Å². The standard InChI is InChI=1S/C20H22F3NOS/c1-19(2,3)12-7-8-15-16(11-26-17(15)10-12)18(25)24-14-6-4-5-13(9-14)20(21,22)23/h4-6,9,11-12H,7-8,10H2,1-3H3,(H,24,25). The third-order valence-corrected chi connectivity index (χ3v) is 6.12. The van der Waals surface area contributed by atoms with Gasteiger partial charge in [0.15, 0.2) is 0 Å². The molecule has 1 unspecified atom stereocenters. The second kappa shape index (κ2) is 6.72. The van der Waals surface area contributed by atoms with Crippen LogP contribution in [0.15, 0.2) is 29.6 Å². The van der Waals surface area contributed by atoms with Crippen molar-refractivity contribution in [3.8, 4) is 0 Å². The van der Waals surface area contributed by atoms with Crippen LogP contribution in [0.25, 0.3) is 0 Å². The van der Waals surface area contributed by atoms with E-state index in [1.54, 1.807) is 11.3 Å². The Balaban J connectivity index is 1.78. The average Bonchev–Trinajstić information content (AvgIpc) is 2.96. The Morgan fingerprint density at radius 2 is 1.96 bits per heavy atom. The number of amides is 1. The van der Waals surface area contributed by atoms with Crippen molar-refractivity contribution in [2.45, 2.75) is 46.2 Å². The van der Waals surface area contributed by atoms with Gasteiger partial charge in [0.2, 0.25) is 0 Å². The van der Waals surface area contributed by atoms with Crippen LogP contribution in [0.4, 0.5) is 18.9 Å². The van der Waals surface area contributed by atoms with E-state index in [2.05, 4.69) is 26.1 Å². The normalized spacial score (nSPS) is 17.7. The Bertz CT molecular complexity index is 817. The summed E-state index contributed by atoms with van der Waals surface area (Å²) in [6.45, 7) is 6.70. The minimum Gasteiger partial charge on any atom is -0.322 e. The highest BCUT2D eigenvalue weighted by Crippen LogP contribution is 2.40. The van der Waals surface area contributed by atoms with Gasteiger partial charge in [-0.05, 0) is 54.4 Å². The molecule has 1 aromatic carbocycles. The number of benzene rings is 1. The molecule has 0 spiro atoms. The quantitative estimate of drug-likeness (QED) is 0.662. The summed E-state index contributed by atoms with van der Waals surface area (Å²) in [5.74, 6) is 0.240. The number of hydrogen-bond acceptors (Lipinski definition) is 2. The van der Waals surface area contributed by atoms with Crippen molar-refractivity contribution in [1.29, 1.82) is 0 Å². The highest BCUT2D eigenvalue weighted by molar-refractivity contribution is 7.10. The third-order valence-electron chi connectivity index (χ3n) is 5.07. The van der Waals surface area contributed by atoms with Crippen molar-refractivity contribution in [3.05, 3.63) is 51.2 Å². The van der Waals surface area contributed by atoms with Crippen LogP contribution in [-0.4, -0.2) is 5.91 Å². The molecule has 2 aromatic rings. The summed E-state index contributed by atoms with van der Waals surface area (Å²) in [6, 6.07) is 4.73. The molecule has 1 heterocycles. The first-order valence-electron chi connectivity index (χ1n) is 8.63. The van der Waals surface area contributed by atoms with E-state index in [-0.39, 0.29) is 17.0 Å². The van der Waals surface area contributed by atoms with Crippen molar-refractivity contribution in [2.24, 2.45) is 11.3 Å². The molecule has 0 bridgehead atoms. The van der Waals surface area contributed by atoms with E-state index in [0.29, 0.717) is 11.5 Å². The molecule has 2 nitrogen and oxygen atoms in total. The lowest BCUT2D eigenvalue weighted by Crippen LogP contribution is -2.27. The highest BCUT2D eigenvalue weighted by atomic mass is 32.1. The van der Waals surface area contributed by atoms with Gasteiger partial charge in [-0.25, -0.2) is 0 Å². The summed E-state index contributed by atoms with van der Waals surface area (Å²) in [5.41, 5.74) is 1.26. The topological polar surface area (TPSA) is 29.1 Å². The van der Waals surface area contributed by atoms with Gasteiger partial charge in [-0.2, -0.15) is 13.2 Å². The van der Waals surface area contributed by atoms with Crippen LogP contribution in [-0.2, 0) is 19.0 Å². The van der Waals surface area contributed by atoms with Crippen molar-refractivity contribution >= 4 is 22.9 Å². The molecule has 1 atom stereocenters. The van der Waals surface area contributed by atoms with Crippen LogP contribution in [0, 0.1) is 11.3 Å². The Labute approximate surface area is 155 Å². The maximum atomic E-state index is 12.8. The van der Waals surface area contributed by atoms with Gasteiger partial charge in [0.25, 0.3) is 5.91 Å². The maximum Gasteiger partial charge on any atom is 0.416 e. The molecular formula is C20H22F3NOS. The summed E-state index contributed by atoms with van der Waals surface area (Å²) >= 11 is 1.58. The van der Waals surface area contributed by atoms with E-state index in [1.807, 2.05) is 5.38 Å². The molecule has 1 aliphatic carbocycles. The summed E-state index contributed by atoms with van der Waals surface area (Å²) in [4.78, 5) is 13.8. The highest BCUT2D eigenvalue weighted by Gasteiger charge is 2.32. The SMILES string of the molecule is CC(C)(C)C1CCc2c(C(=O)Nc3cccc(C(F)(F)F)c3)csc2C1. The van der Waals surface area contributed by atoms with E-state index in [4.69, 9.17) is 0 Å². The van der Waals surface area contributed by atoms with Crippen molar-refractivity contribution in [3.63, 3.8) is 0 Å². The Hall–Kier alpha value is -1.82. The zero-order valence-electron chi connectivity index (χ0n) is 15.0. The van der Waals surface area contributed by atoms with Gasteiger partial charge >= 0.3 is 6.18 Å². The lowest BCUT2D eigenvalue weighted by molar-refractivity contribution is -0.137. The summed E-state index contributed by atoms with van der Waals surface area (Å²) in [7, 11) is 0. The van der Waals surface area contributed by atoms with Crippen LogP contribution in [0.3, 0.4) is 0 Å². The zero-order valence-corrected chi connectivity index (χ0v) is 15.9. The van der Waals surface area contributed by atoms with E-state index in [0.717, 1.165) is 37.0 Å². The lowest BCUT2D eigenvalue weighted by Gasteiger charge is -2.34. The van der Waals surface area contributed by atoms with Crippen molar-refractivity contribution in [2.75, 3.05) is 5.32 Å². The van der Waals surface area contributed by atoms with E-state index >= 15 is 0 Å². The number of rotatable bonds is 2. The molecule has 26 heavy (non-hydrogen) atoms. The molecule has 6 heteroatoms. The van der Waals surface area contributed by atoms with Crippen LogP contribution in [0.5, 0.6) is 0 Å². The van der Waals surface area contributed by atoms with E-state index < -0.39 is 11.7 Å². The second-order valence-corrected chi connectivity index (χ2v) is 8.85. The number of anilines is 1. The summed E-state index contributed by atoms with van der Waals surface area (Å²) in [5, 5.41) is 4.45. The number of carbonyl (C=O) groups excluding carboxylic acids is 1. The zero-order chi connectivity index (χ0) is 19.1. The van der Waals surface area contributed by atoms with Crippen LogP contribution in [0.2, 0.25) is 0 Å². The number of hydrogen-bond donors (Lipinski definition) is 1. The fourth-order valence-corrected chi connectivity index (χ4v) is 4.57. The van der Waals surface area contributed by atoms with Gasteiger partial charge in [0.1, 0.15) is 0 Å². The molecule has 0 radical (unpaired) electrons. The maximum absolute atomic E-state index is 12.8. The molecule has 0 fully saturated rings.